The van der Waals surface area contributed by atoms with E-state index < -0.39 is 10.7 Å². The van der Waals surface area contributed by atoms with E-state index in [1.54, 1.807) is 0 Å². The summed E-state index contributed by atoms with van der Waals surface area (Å²) >= 11 is 5.53. The Hall–Kier alpha value is -1.40. The molecule has 1 heterocycles. The molecule has 7 heteroatoms. The molecular formula is C10H11ClFN3O2. The molecule has 0 radical (unpaired) electrons. The molecule has 0 aliphatic carbocycles. The molecule has 17 heavy (non-hydrogen) atoms. The van der Waals surface area contributed by atoms with Gasteiger partial charge in [0.15, 0.2) is 0 Å². The number of rotatable bonds is 3. The van der Waals surface area contributed by atoms with Crippen LogP contribution in [0.2, 0.25) is 5.02 Å². The molecule has 0 aromatic heterocycles. The van der Waals surface area contributed by atoms with Gasteiger partial charge in [-0.05, 0) is 13.0 Å². The Morgan fingerprint density at radius 1 is 1.59 bits per heavy atom. The minimum absolute atomic E-state index is 0.0780. The van der Waals surface area contributed by atoms with Crippen LogP contribution < -0.4 is 10.6 Å². The molecule has 5 nitrogen and oxygen atoms in total. The quantitative estimate of drug-likeness (QED) is 0.645. The highest BCUT2D eigenvalue weighted by atomic mass is 35.5. The number of anilines is 1. The molecule has 92 valence electrons. The highest BCUT2D eigenvalue weighted by Gasteiger charge is 2.21. The van der Waals surface area contributed by atoms with Crippen molar-refractivity contribution in [3.05, 3.63) is 33.1 Å². The van der Waals surface area contributed by atoms with Gasteiger partial charge in [-0.15, -0.1) is 0 Å². The van der Waals surface area contributed by atoms with Gasteiger partial charge in [-0.3, -0.25) is 10.1 Å². The first kappa shape index (κ1) is 12.1. The molecule has 0 amide bonds. The van der Waals surface area contributed by atoms with Crippen LogP contribution in [0.25, 0.3) is 0 Å². The summed E-state index contributed by atoms with van der Waals surface area (Å²) < 4.78 is 13.3. The first-order chi connectivity index (χ1) is 8.08. The molecule has 1 aromatic rings. The highest BCUT2D eigenvalue weighted by molar-refractivity contribution is 6.31. The minimum atomic E-state index is -0.661. The monoisotopic (exact) mass is 259 g/mol. The molecule has 2 N–H and O–H groups in total. The van der Waals surface area contributed by atoms with E-state index in [2.05, 4.69) is 10.6 Å². The second-order valence-electron chi connectivity index (χ2n) is 3.87. The number of nitrogens with zero attached hydrogens (tertiary/aromatic N) is 1. The van der Waals surface area contributed by atoms with E-state index >= 15 is 0 Å². The summed E-state index contributed by atoms with van der Waals surface area (Å²) in [6.07, 6.45) is 0.849. The van der Waals surface area contributed by atoms with Crippen LogP contribution in [0, 0.1) is 15.9 Å². The van der Waals surface area contributed by atoms with Crippen molar-refractivity contribution in [2.75, 3.05) is 18.4 Å². The minimum Gasteiger partial charge on any atom is -0.375 e. The van der Waals surface area contributed by atoms with Gasteiger partial charge in [-0.2, -0.15) is 0 Å². The standard InChI is InChI=1S/C10H11ClFN3O2/c11-7-3-10(15(16)17)9(4-8(7)12)14-6-1-2-13-5-6/h3-4,6,13-14H,1-2,5H2. The fourth-order valence-corrected chi connectivity index (χ4v) is 1.96. The van der Waals surface area contributed by atoms with Gasteiger partial charge in [0, 0.05) is 24.7 Å². The summed E-state index contributed by atoms with van der Waals surface area (Å²) in [5, 5.41) is 16.7. The molecule has 1 fully saturated rings. The van der Waals surface area contributed by atoms with Gasteiger partial charge in [0.1, 0.15) is 11.5 Å². The molecule has 0 spiro atoms. The van der Waals surface area contributed by atoms with Crippen LogP contribution in [-0.2, 0) is 0 Å². The molecule has 1 unspecified atom stereocenters. The van der Waals surface area contributed by atoms with Crippen molar-refractivity contribution in [2.24, 2.45) is 0 Å². The first-order valence-electron chi connectivity index (χ1n) is 5.18. The predicted molar refractivity (Wildman–Crippen MR) is 63.0 cm³/mol. The van der Waals surface area contributed by atoms with Gasteiger partial charge in [0.2, 0.25) is 0 Å². The van der Waals surface area contributed by atoms with Crippen LogP contribution in [0.1, 0.15) is 6.42 Å². The smallest absolute Gasteiger partial charge is 0.294 e. The Labute approximate surface area is 102 Å². The maximum atomic E-state index is 13.3. The molecule has 0 bridgehead atoms. The zero-order chi connectivity index (χ0) is 12.4. The van der Waals surface area contributed by atoms with Gasteiger partial charge < -0.3 is 10.6 Å². The maximum Gasteiger partial charge on any atom is 0.294 e. The van der Waals surface area contributed by atoms with Crippen molar-refractivity contribution in [1.29, 1.82) is 0 Å². The number of hydrogen-bond acceptors (Lipinski definition) is 4. The Kier molecular flexibility index (Phi) is 3.44. The largest absolute Gasteiger partial charge is 0.375 e. The molecule has 1 aromatic carbocycles. The van der Waals surface area contributed by atoms with Gasteiger partial charge in [0.05, 0.1) is 9.95 Å². The van der Waals surface area contributed by atoms with Crippen molar-refractivity contribution >= 4 is 23.0 Å². The fourth-order valence-electron chi connectivity index (χ4n) is 1.80. The van der Waals surface area contributed by atoms with Crippen LogP contribution in [0.15, 0.2) is 12.1 Å². The van der Waals surface area contributed by atoms with E-state index in [1.807, 2.05) is 0 Å². The van der Waals surface area contributed by atoms with Crippen molar-refractivity contribution in [2.45, 2.75) is 12.5 Å². The number of nitrogens with one attached hydrogen (secondary N) is 2. The number of nitro groups is 1. The summed E-state index contributed by atoms with van der Waals surface area (Å²) in [5.74, 6) is -0.661. The van der Waals surface area contributed by atoms with E-state index in [4.69, 9.17) is 11.6 Å². The molecule has 2 rings (SSSR count). The average molecular weight is 260 g/mol. The predicted octanol–water partition coefficient (Wildman–Crippen LogP) is 2.16. The third-order valence-electron chi connectivity index (χ3n) is 2.66. The lowest BCUT2D eigenvalue weighted by Gasteiger charge is -2.13. The topological polar surface area (TPSA) is 67.2 Å². The fraction of sp³-hybridized carbons (Fsp3) is 0.400. The SMILES string of the molecule is O=[N+]([O-])c1cc(Cl)c(F)cc1NC1CCNC1. The van der Waals surface area contributed by atoms with E-state index in [0.717, 1.165) is 25.1 Å². The van der Waals surface area contributed by atoms with Crippen LogP contribution >= 0.6 is 11.6 Å². The van der Waals surface area contributed by atoms with Gasteiger partial charge in [0.25, 0.3) is 5.69 Å². The Balaban J connectivity index is 2.29. The molecule has 1 saturated heterocycles. The maximum absolute atomic E-state index is 13.3. The molecule has 0 saturated carbocycles. The molecular weight excluding hydrogens is 249 g/mol. The third-order valence-corrected chi connectivity index (χ3v) is 2.94. The Bertz CT molecular complexity index is 449. The summed E-state index contributed by atoms with van der Waals surface area (Å²) in [6.45, 7) is 1.56. The lowest BCUT2D eigenvalue weighted by atomic mass is 10.2. The average Bonchev–Trinajstić information content (AvgIpc) is 2.75. The van der Waals surface area contributed by atoms with Crippen LogP contribution in [0.5, 0.6) is 0 Å². The molecule has 1 aliphatic heterocycles. The van der Waals surface area contributed by atoms with Crippen molar-refractivity contribution < 1.29 is 9.31 Å². The van der Waals surface area contributed by atoms with Gasteiger partial charge in [-0.25, -0.2) is 4.39 Å². The summed E-state index contributed by atoms with van der Waals surface area (Å²) in [4.78, 5) is 10.3. The van der Waals surface area contributed by atoms with Crippen LogP contribution in [0.4, 0.5) is 15.8 Å². The van der Waals surface area contributed by atoms with Gasteiger partial charge in [-0.1, -0.05) is 11.6 Å². The summed E-state index contributed by atoms with van der Waals surface area (Å²) in [7, 11) is 0. The Morgan fingerprint density at radius 3 is 2.94 bits per heavy atom. The van der Waals surface area contributed by atoms with Crippen molar-refractivity contribution in [3.63, 3.8) is 0 Å². The van der Waals surface area contributed by atoms with E-state index in [-0.39, 0.29) is 22.4 Å². The second-order valence-corrected chi connectivity index (χ2v) is 4.28. The van der Waals surface area contributed by atoms with E-state index in [0.29, 0.717) is 6.54 Å². The summed E-state index contributed by atoms with van der Waals surface area (Å²) in [6, 6.07) is 2.18. The first-order valence-corrected chi connectivity index (χ1v) is 5.56. The second kappa shape index (κ2) is 4.85. The summed E-state index contributed by atoms with van der Waals surface area (Å²) in [5.41, 5.74) is -0.0334. The number of nitro benzene ring substituents is 1. The highest BCUT2D eigenvalue weighted by Crippen LogP contribution is 2.31. The lowest BCUT2D eigenvalue weighted by Crippen LogP contribution is -2.22. The van der Waals surface area contributed by atoms with Crippen molar-refractivity contribution in [3.8, 4) is 0 Å². The zero-order valence-electron chi connectivity index (χ0n) is 8.87. The van der Waals surface area contributed by atoms with E-state index in [1.165, 1.54) is 0 Å². The van der Waals surface area contributed by atoms with Crippen molar-refractivity contribution in [1.82, 2.24) is 5.32 Å². The third kappa shape index (κ3) is 2.65. The number of benzene rings is 1. The normalized spacial score (nSPS) is 19.3. The Morgan fingerprint density at radius 2 is 2.35 bits per heavy atom. The van der Waals surface area contributed by atoms with Gasteiger partial charge >= 0.3 is 0 Å². The van der Waals surface area contributed by atoms with Crippen LogP contribution in [-0.4, -0.2) is 24.1 Å². The molecule has 1 aliphatic rings. The molecule has 1 atom stereocenters. The number of hydrogen-bond donors (Lipinski definition) is 2. The lowest BCUT2D eigenvalue weighted by molar-refractivity contribution is -0.384. The number of halogens is 2. The van der Waals surface area contributed by atoms with Crippen LogP contribution in [0.3, 0.4) is 0 Å². The van der Waals surface area contributed by atoms with E-state index in [9.17, 15) is 14.5 Å². The zero-order valence-corrected chi connectivity index (χ0v) is 9.63.